The van der Waals surface area contributed by atoms with Gasteiger partial charge in [-0.25, -0.2) is 0 Å². The molecule has 1 heterocycles. The van der Waals surface area contributed by atoms with Crippen LogP contribution in [0.25, 0.3) is 11.0 Å². The molecule has 55 valence electrons. The Kier molecular flexibility index (Phi) is 1.40. The van der Waals surface area contributed by atoms with Gasteiger partial charge in [-0.1, -0.05) is 17.7 Å². The first-order valence-electron chi connectivity index (χ1n) is 3.27. The number of fused-ring (bicyclic) bond motifs is 1. The minimum Gasteiger partial charge on any atom is -0.461 e. The smallest absolute Gasteiger partial charge is 0.135 e. The summed E-state index contributed by atoms with van der Waals surface area (Å²) in [7, 11) is 0. The Hall–Kier alpha value is -0.950. The molecule has 2 aromatic rings. The van der Waals surface area contributed by atoms with E-state index in [-0.39, 0.29) is 0 Å². The maximum absolute atomic E-state index is 5.88. The van der Waals surface area contributed by atoms with Crippen molar-refractivity contribution in [2.24, 2.45) is 0 Å². The van der Waals surface area contributed by atoms with Gasteiger partial charge in [0, 0.05) is 12.3 Å². The fraction of sp³-hybridized carbons (Fsp3) is 0. The van der Waals surface area contributed by atoms with Gasteiger partial charge in [-0.15, -0.1) is 0 Å². The average Bonchev–Trinajstić information content (AvgIpc) is 2.31. The van der Waals surface area contributed by atoms with Gasteiger partial charge >= 0.3 is 0 Å². The molecule has 0 atom stereocenters. The van der Waals surface area contributed by atoms with E-state index in [1.165, 1.54) is 0 Å². The highest BCUT2D eigenvalue weighted by atomic mass is 35.5. The Morgan fingerprint density at radius 3 is 2.91 bits per heavy atom. The summed E-state index contributed by atoms with van der Waals surface area (Å²) in [5.41, 5.74) is 0.794. The molecular formula is C9H6ClO. The van der Waals surface area contributed by atoms with Gasteiger partial charge in [-0.3, -0.25) is 0 Å². The van der Waals surface area contributed by atoms with Crippen molar-refractivity contribution in [3.63, 3.8) is 0 Å². The van der Waals surface area contributed by atoms with Crippen molar-refractivity contribution in [3.8, 4) is 0 Å². The van der Waals surface area contributed by atoms with Crippen molar-refractivity contribution in [3.05, 3.63) is 42.0 Å². The van der Waals surface area contributed by atoms with Gasteiger partial charge in [-0.05, 0) is 18.2 Å². The van der Waals surface area contributed by atoms with Crippen LogP contribution in [0.2, 0.25) is 5.02 Å². The molecule has 1 nitrogen and oxygen atoms in total. The Morgan fingerprint density at radius 1 is 1.36 bits per heavy atom. The van der Waals surface area contributed by atoms with Crippen LogP contribution >= 0.6 is 11.6 Å². The van der Waals surface area contributed by atoms with Gasteiger partial charge in [0.15, 0.2) is 0 Å². The number of furan rings is 1. The molecule has 0 fully saturated rings. The van der Waals surface area contributed by atoms with Crippen LogP contribution < -0.4 is 0 Å². The van der Waals surface area contributed by atoms with Gasteiger partial charge in [0.25, 0.3) is 0 Å². The predicted octanol–water partition coefficient (Wildman–Crippen LogP) is 3.27. The molecular weight excluding hydrogens is 160 g/mol. The fourth-order valence-corrected chi connectivity index (χ4v) is 1.30. The van der Waals surface area contributed by atoms with Crippen molar-refractivity contribution >= 4 is 22.6 Å². The van der Waals surface area contributed by atoms with E-state index in [1.54, 1.807) is 0 Å². The van der Waals surface area contributed by atoms with Crippen LogP contribution in [-0.4, -0.2) is 0 Å². The quantitative estimate of drug-likeness (QED) is 0.584. The van der Waals surface area contributed by atoms with E-state index in [2.05, 4.69) is 6.92 Å². The highest BCUT2D eigenvalue weighted by molar-refractivity contribution is 6.35. The second kappa shape index (κ2) is 2.28. The Bertz CT molecular complexity index is 389. The maximum atomic E-state index is 5.88. The summed E-state index contributed by atoms with van der Waals surface area (Å²) in [5, 5.41) is 1.64. The molecule has 11 heavy (non-hydrogen) atoms. The first-order valence-corrected chi connectivity index (χ1v) is 3.65. The van der Waals surface area contributed by atoms with E-state index in [0.717, 1.165) is 11.0 Å². The molecule has 1 radical (unpaired) electrons. The fourth-order valence-electron chi connectivity index (χ4n) is 1.08. The highest BCUT2D eigenvalue weighted by Gasteiger charge is 2.01. The molecule has 0 spiro atoms. The van der Waals surface area contributed by atoms with Gasteiger partial charge in [0.05, 0.1) is 5.02 Å². The largest absolute Gasteiger partial charge is 0.461 e. The molecule has 2 rings (SSSR count). The van der Waals surface area contributed by atoms with Crippen molar-refractivity contribution < 1.29 is 4.42 Å². The summed E-state index contributed by atoms with van der Waals surface area (Å²) in [6.45, 7) is 3.67. The molecule has 0 aliphatic rings. The number of hydrogen-bond donors (Lipinski definition) is 0. The molecule has 2 heteroatoms. The van der Waals surface area contributed by atoms with Crippen LogP contribution in [0.4, 0.5) is 0 Å². The van der Waals surface area contributed by atoms with Gasteiger partial charge in [-0.2, -0.15) is 0 Å². The zero-order chi connectivity index (χ0) is 7.84. The monoisotopic (exact) mass is 165 g/mol. The topological polar surface area (TPSA) is 13.1 Å². The number of hydrogen-bond acceptors (Lipinski definition) is 1. The van der Waals surface area contributed by atoms with E-state index < -0.39 is 0 Å². The van der Waals surface area contributed by atoms with E-state index in [4.69, 9.17) is 16.0 Å². The molecule has 0 aliphatic heterocycles. The number of rotatable bonds is 0. The Labute approximate surface area is 69.6 Å². The second-order valence-electron chi connectivity index (χ2n) is 2.36. The number of halogens is 1. The minimum atomic E-state index is 0.646. The van der Waals surface area contributed by atoms with Gasteiger partial charge in [0.2, 0.25) is 0 Å². The van der Waals surface area contributed by atoms with Crippen molar-refractivity contribution in [1.29, 1.82) is 0 Å². The molecule has 0 saturated heterocycles. The first kappa shape index (κ1) is 6.74. The van der Waals surface area contributed by atoms with E-state index in [9.17, 15) is 0 Å². The second-order valence-corrected chi connectivity index (χ2v) is 2.77. The predicted molar refractivity (Wildman–Crippen MR) is 45.7 cm³/mol. The molecule has 0 N–H and O–H groups in total. The summed E-state index contributed by atoms with van der Waals surface area (Å²) in [6, 6.07) is 7.39. The van der Waals surface area contributed by atoms with Crippen molar-refractivity contribution in [1.82, 2.24) is 0 Å². The third-order valence-electron chi connectivity index (χ3n) is 1.56. The highest BCUT2D eigenvalue weighted by Crippen LogP contribution is 2.25. The van der Waals surface area contributed by atoms with Crippen LogP contribution in [-0.2, 0) is 0 Å². The third-order valence-corrected chi connectivity index (χ3v) is 1.89. The number of benzene rings is 1. The lowest BCUT2D eigenvalue weighted by Crippen LogP contribution is -1.63. The molecule has 0 saturated carbocycles. The van der Waals surface area contributed by atoms with Crippen molar-refractivity contribution in [2.75, 3.05) is 0 Å². The normalized spacial score (nSPS) is 10.7. The van der Waals surface area contributed by atoms with E-state index in [1.807, 2.05) is 24.3 Å². The SMILES string of the molecule is [CH2]c1cc2c(Cl)cccc2o1. The average molecular weight is 166 g/mol. The lowest BCUT2D eigenvalue weighted by atomic mass is 10.2. The molecule has 0 bridgehead atoms. The standard InChI is InChI=1S/C9H6ClO/c1-6-5-7-8(10)3-2-4-9(7)11-6/h2-5H,1H2. The van der Waals surface area contributed by atoms with Crippen LogP contribution in [0.15, 0.2) is 28.7 Å². The van der Waals surface area contributed by atoms with Crippen LogP contribution in [0.5, 0.6) is 0 Å². The maximum Gasteiger partial charge on any atom is 0.135 e. The molecule has 0 aliphatic carbocycles. The van der Waals surface area contributed by atoms with Gasteiger partial charge < -0.3 is 4.42 Å². The summed E-state index contributed by atoms with van der Waals surface area (Å²) in [5.74, 6) is 0.646. The van der Waals surface area contributed by atoms with Crippen LogP contribution in [0.3, 0.4) is 0 Å². The molecule has 0 amide bonds. The summed E-state index contributed by atoms with van der Waals surface area (Å²) in [4.78, 5) is 0. The van der Waals surface area contributed by atoms with Gasteiger partial charge in [0.1, 0.15) is 11.3 Å². The third kappa shape index (κ3) is 1.02. The summed E-state index contributed by atoms with van der Waals surface area (Å²) in [6.07, 6.45) is 0. The van der Waals surface area contributed by atoms with Crippen molar-refractivity contribution in [2.45, 2.75) is 0 Å². The summed E-state index contributed by atoms with van der Waals surface area (Å²) < 4.78 is 5.25. The molecule has 1 aromatic heterocycles. The van der Waals surface area contributed by atoms with Crippen LogP contribution in [0, 0.1) is 6.92 Å². The first-order chi connectivity index (χ1) is 5.27. The summed E-state index contributed by atoms with van der Waals surface area (Å²) >= 11 is 5.88. The lowest BCUT2D eigenvalue weighted by Gasteiger charge is -1.88. The Balaban J connectivity index is 2.90. The molecule has 0 unspecified atom stereocenters. The Morgan fingerprint density at radius 2 is 2.18 bits per heavy atom. The van der Waals surface area contributed by atoms with E-state index >= 15 is 0 Å². The zero-order valence-corrected chi connectivity index (χ0v) is 6.56. The zero-order valence-electron chi connectivity index (χ0n) is 5.80. The van der Waals surface area contributed by atoms with Crippen LogP contribution in [0.1, 0.15) is 5.76 Å². The minimum absolute atomic E-state index is 0.646. The lowest BCUT2D eigenvalue weighted by molar-refractivity contribution is 0.595. The molecule has 1 aromatic carbocycles. The van der Waals surface area contributed by atoms with E-state index in [0.29, 0.717) is 10.8 Å².